The fourth-order valence-electron chi connectivity index (χ4n) is 4.17. The van der Waals surface area contributed by atoms with Crippen LogP contribution in [0.5, 0.6) is 0 Å². The Kier molecular flexibility index (Phi) is 4.99. The molecule has 5 rings (SSSR count). The molecule has 1 aliphatic carbocycles. The van der Waals surface area contributed by atoms with Crippen LogP contribution < -0.4 is 4.90 Å². The van der Waals surface area contributed by atoms with E-state index in [1.807, 2.05) is 19.9 Å². The van der Waals surface area contributed by atoms with Crippen LogP contribution in [-0.2, 0) is 10.2 Å². The smallest absolute Gasteiger partial charge is 0.207 e. The van der Waals surface area contributed by atoms with Crippen LogP contribution in [0.15, 0.2) is 18.2 Å². The molecule has 0 spiro atoms. The number of ketones is 2. The molecule has 0 saturated carbocycles. The van der Waals surface area contributed by atoms with E-state index in [-0.39, 0.29) is 11.6 Å². The number of benzene rings is 1. The molecule has 2 aromatic heterocycles. The molecule has 0 bridgehead atoms. The molecule has 1 fully saturated rings. The van der Waals surface area contributed by atoms with Crippen LogP contribution in [0.1, 0.15) is 72.7 Å². The van der Waals surface area contributed by atoms with Crippen LogP contribution in [0.25, 0.3) is 10.9 Å². The number of carbonyl (C=O) groups is 2. The van der Waals surface area contributed by atoms with E-state index in [1.165, 1.54) is 11.3 Å². The average Bonchev–Trinajstić information content (AvgIpc) is 3.37. The summed E-state index contributed by atoms with van der Waals surface area (Å²) in [4.78, 5) is 36.0. The van der Waals surface area contributed by atoms with Crippen LogP contribution in [0.4, 0.5) is 5.13 Å². The SMILES string of the molecule is CC.CC1(C)c2nc(N3CCC(=O)CC3)sc2C(=O)c2c1[nH]c1cc(C#N)ccc21. The number of piperidine rings is 1. The summed E-state index contributed by atoms with van der Waals surface area (Å²) in [5, 5.41) is 10.8. The number of carbonyl (C=O) groups excluding carboxylic acids is 2. The van der Waals surface area contributed by atoms with Gasteiger partial charge in [0.2, 0.25) is 5.78 Å². The third-order valence-corrected chi connectivity index (χ3v) is 6.90. The zero-order valence-corrected chi connectivity index (χ0v) is 18.4. The van der Waals surface area contributed by atoms with Crippen molar-refractivity contribution >= 4 is 38.9 Å². The van der Waals surface area contributed by atoms with Crippen LogP contribution >= 0.6 is 11.3 Å². The van der Waals surface area contributed by atoms with Crippen molar-refractivity contribution in [1.29, 1.82) is 5.26 Å². The molecule has 6 nitrogen and oxygen atoms in total. The molecule has 7 heteroatoms. The second-order valence-corrected chi connectivity index (χ2v) is 8.88. The zero-order chi connectivity index (χ0) is 21.6. The number of rotatable bonds is 1. The van der Waals surface area contributed by atoms with Gasteiger partial charge in [-0.3, -0.25) is 9.59 Å². The van der Waals surface area contributed by atoms with Gasteiger partial charge in [0.05, 0.1) is 22.9 Å². The van der Waals surface area contributed by atoms with Gasteiger partial charge in [-0.1, -0.05) is 31.3 Å². The number of nitrogens with zero attached hydrogens (tertiary/aromatic N) is 3. The predicted molar refractivity (Wildman–Crippen MR) is 118 cm³/mol. The number of fused-ring (bicyclic) bond motifs is 4. The highest BCUT2D eigenvalue weighted by molar-refractivity contribution is 7.18. The Morgan fingerprint density at radius 3 is 2.57 bits per heavy atom. The minimum absolute atomic E-state index is 0.0166. The summed E-state index contributed by atoms with van der Waals surface area (Å²) < 4.78 is 0. The predicted octanol–water partition coefficient (Wildman–Crippen LogP) is 4.56. The molecule has 0 atom stereocenters. The lowest BCUT2D eigenvalue weighted by atomic mass is 9.77. The molecule has 1 saturated heterocycles. The van der Waals surface area contributed by atoms with Crippen molar-refractivity contribution < 1.29 is 9.59 Å². The molecular formula is C23H24N4O2S. The van der Waals surface area contributed by atoms with Crippen molar-refractivity contribution in [2.75, 3.05) is 18.0 Å². The zero-order valence-electron chi connectivity index (χ0n) is 17.6. The second kappa shape index (κ2) is 7.37. The fraction of sp³-hybridized carbons (Fsp3) is 0.391. The van der Waals surface area contributed by atoms with E-state index in [0.717, 1.165) is 27.4 Å². The van der Waals surface area contributed by atoms with Gasteiger partial charge in [-0.05, 0) is 26.0 Å². The molecule has 30 heavy (non-hydrogen) atoms. The first-order valence-corrected chi connectivity index (χ1v) is 11.1. The molecule has 1 aromatic carbocycles. The molecule has 3 aromatic rings. The number of thiazole rings is 1. The monoisotopic (exact) mass is 420 g/mol. The topological polar surface area (TPSA) is 89.8 Å². The molecule has 154 valence electrons. The molecule has 1 aliphatic heterocycles. The summed E-state index contributed by atoms with van der Waals surface area (Å²) in [6, 6.07) is 7.52. The van der Waals surface area contributed by atoms with Gasteiger partial charge in [0.25, 0.3) is 0 Å². The van der Waals surface area contributed by atoms with Gasteiger partial charge in [0.1, 0.15) is 10.7 Å². The number of aromatic nitrogens is 2. The Bertz CT molecular complexity index is 1200. The van der Waals surface area contributed by atoms with E-state index < -0.39 is 5.41 Å². The highest BCUT2D eigenvalue weighted by Crippen LogP contribution is 2.46. The summed E-state index contributed by atoms with van der Waals surface area (Å²) in [6.45, 7) is 9.46. The van der Waals surface area contributed by atoms with E-state index in [2.05, 4.69) is 29.8 Å². The number of aromatic amines is 1. The number of hydrogen-bond acceptors (Lipinski definition) is 6. The maximum absolute atomic E-state index is 13.4. The van der Waals surface area contributed by atoms with Crippen LogP contribution in [0.3, 0.4) is 0 Å². The van der Waals surface area contributed by atoms with Gasteiger partial charge in [0, 0.05) is 47.9 Å². The van der Waals surface area contributed by atoms with Gasteiger partial charge in [0.15, 0.2) is 5.13 Å². The van der Waals surface area contributed by atoms with Crippen LogP contribution in [-0.4, -0.2) is 34.6 Å². The lowest BCUT2D eigenvalue weighted by Crippen LogP contribution is -2.34. The molecule has 0 radical (unpaired) electrons. The Morgan fingerprint density at radius 1 is 1.20 bits per heavy atom. The summed E-state index contributed by atoms with van der Waals surface area (Å²) in [5.74, 6) is 0.268. The Hall–Kier alpha value is -2.98. The highest BCUT2D eigenvalue weighted by atomic mass is 32.1. The molecule has 1 N–H and O–H groups in total. The standard InChI is InChI=1S/C21H18N4O2S.C2H6/c1-21(2)18-15(13-4-3-11(10-22)9-14(13)23-18)16(27)17-19(21)24-20(28-17)25-7-5-12(26)6-8-25;1-2/h3-4,9,23H,5-8H2,1-2H3;1-2H3. The number of nitrogens with one attached hydrogen (secondary N) is 1. The van der Waals surface area contributed by atoms with Crippen molar-refractivity contribution in [3.05, 3.63) is 45.6 Å². The minimum Gasteiger partial charge on any atom is -0.357 e. The lowest BCUT2D eigenvalue weighted by molar-refractivity contribution is -0.119. The van der Waals surface area contributed by atoms with Gasteiger partial charge in [-0.2, -0.15) is 5.26 Å². The Morgan fingerprint density at radius 2 is 1.90 bits per heavy atom. The van der Waals surface area contributed by atoms with E-state index in [4.69, 9.17) is 10.2 Å². The number of nitriles is 1. The second-order valence-electron chi connectivity index (χ2n) is 7.90. The van der Waals surface area contributed by atoms with Crippen molar-refractivity contribution in [1.82, 2.24) is 9.97 Å². The number of H-pyrrole nitrogens is 1. The molecule has 2 aliphatic rings. The quantitative estimate of drug-likeness (QED) is 0.623. The number of hydrogen-bond donors (Lipinski definition) is 1. The van der Waals surface area contributed by atoms with Crippen LogP contribution in [0, 0.1) is 11.3 Å². The van der Waals surface area contributed by atoms with Crippen molar-refractivity contribution in [2.24, 2.45) is 0 Å². The summed E-state index contributed by atoms with van der Waals surface area (Å²) in [6.07, 6.45) is 1.07. The van der Waals surface area contributed by atoms with Crippen molar-refractivity contribution in [2.45, 2.75) is 46.0 Å². The number of anilines is 1. The van der Waals surface area contributed by atoms with Gasteiger partial charge in [-0.25, -0.2) is 4.98 Å². The number of Topliss-reactive ketones (excluding diaryl/α,β-unsaturated/α-hetero) is 1. The minimum atomic E-state index is -0.454. The maximum atomic E-state index is 13.4. The molecule has 0 amide bonds. The molecular weight excluding hydrogens is 396 g/mol. The summed E-state index contributed by atoms with van der Waals surface area (Å²) in [5.41, 5.74) is 3.22. The van der Waals surface area contributed by atoms with Crippen LogP contribution in [0.2, 0.25) is 0 Å². The Labute approximate surface area is 179 Å². The average molecular weight is 421 g/mol. The van der Waals surface area contributed by atoms with E-state index >= 15 is 0 Å². The van der Waals surface area contributed by atoms with Crippen molar-refractivity contribution in [3.8, 4) is 6.07 Å². The first kappa shape index (κ1) is 20.3. The summed E-state index contributed by atoms with van der Waals surface area (Å²) in [7, 11) is 0. The lowest BCUT2D eigenvalue weighted by Gasteiger charge is -2.28. The normalized spacial score (nSPS) is 17.1. The fourth-order valence-corrected chi connectivity index (χ4v) is 5.40. The Balaban J connectivity index is 0.00000106. The van der Waals surface area contributed by atoms with Gasteiger partial charge < -0.3 is 9.88 Å². The van der Waals surface area contributed by atoms with E-state index in [9.17, 15) is 9.59 Å². The maximum Gasteiger partial charge on any atom is 0.207 e. The first-order chi connectivity index (χ1) is 14.4. The third kappa shape index (κ3) is 2.94. The highest BCUT2D eigenvalue weighted by Gasteiger charge is 2.43. The molecule has 0 unspecified atom stereocenters. The summed E-state index contributed by atoms with van der Waals surface area (Å²) >= 11 is 1.42. The third-order valence-electron chi connectivity index (χ3n) is 5.79. The van der Waals surface area contributed by atoms with Crippen molar-refractivity contribution in [3.63, 3.8) is 0 Å². The van der Waals surface area contributed by atoms with E-state index in [1.54, 1.807) is 12.1 Å². The van der Waals surface area contributed by atoms with Gasteiger partial charge >= 0.3 is 0 Å². The molecule has 3 heterocycles. The van der Waals surface area contributed by atoms with Gasteiger partial charge in [-0.15, -0.1) is 0 Å². The first-order valence-electron chi connectivity index (χ1n) is 10.3. The van der Waals surface area contributed by atoms with E-state index in [0.29, 0.717) is 41.9 Å². The largest absolute Gasteiger partial charge is 0.357 e.